The average molecular weight is 217 g/mol. The molecule has 0 aliphatic carbocycles. The van der Waals surface area contributed by atoms with E-state index in [4.69, 9.17) is 4.74 Å². The fraction of sp³-hybridized carbons (Fsp3) is 0.750. The molecular weight excluding hydrogens is 202 g/mol. The number of H-pyrrole nitrogens is 1. The summed E-state index contributed by atoms with van der Waals surface area (Å²) in [5, 5.41) is 7.13. The van der Waals surface area contributed by atoms with E-state index >= 15 is 0 Å². The number of thioether (sulfide) groups is 1. The van der Waals surface area contributed by atoms with E-state index in [1.165, 1.54) is 0 Å². The highest BCUT2D eigenvalue weighted by Gasteiger charge is 2.06. The van der Waals surface area contributed by atoms with E-state index in [0.717, 1.165) is 17.3 Å². The number of aromatic nitrogens is 3. The summed E-state index contributed by atoms with van der Waals surface area (Å²) in [5.41, 5.74) is -0.142. The second-order valence-electron chi connectivity index (χ2n) is 2.74. The first-order valence-corrected chi connectivity index (χ1v) is 5.55. The molecule has 0 saturated heterocycles. The minimum atomic E-state index is -0.142. The molecule has 14 heavy (non-hydrogen) atoms. The molecule has 0 aliphatic rings. The van der Waals surface area contributed by atoms with Gasteiger partial charge in [0.1, 0.15) is 0 Å². The second-order valence-corrected chi connectivity index (χ2v) is 3.97. The normalized spacial score (nSPS) is 10.7. The van der Waals surface area contributed by atoms with Crippen molar-refractivity contribution in [3.63, 3.8) is 0 Å². The third-order valence-corrected chi connectivity index (χ3v) is 2.59. The van der Waals surface area contributed by atoms with Crippen LogP contribution in [-0.2, 0) is 11.3 Å². The first-order valence-electron chi connectivity index (χ1n) is 4.56. The van der Waals surface area contributed by atoms with Gasteiger partial charge in [0.25, 0.3) is 0 Å². The van der Waals surface area contributed by atoms with Gasteiger partial charge in [0.15, 0.2) is 5.16 Å². The van der Waals surface area contributed by atoms with Crippen LogP contribution in [0.3, 0.4) is 0 Å². The van der Waals surface area contributed by atoms with Gasteiger partial charge in [-0.2, -0.15) is 0 Å². The van der Waals surface area contributed by atoms with Crippen molar-refractivity contribution in [2.75, 3.05) is 19.5 Å². The van der Waals surface area contributed by atoms with Crippen LogP contribution in [0.2, 0.25) is 0 Å². The Hall–Kier alpha value is -0.750. The predicted octanol–water partition coefficient (Wildman–Crippen LogP) is 0.720. The number of hydrogen-bond acceptors (Lipinski definition) is 4. The number of rotatable bonds is 6. The number of ether oxygens (including phenoxy) is 1. The molecule has 5 nitrogen and oxygen atoms in total. The maximum Gasteiger partial charge on any atom is 0.343 e. The van der Waals surface area contributed by atoms with E-state index in [1.54, 1.807) is 23.4 Å². The van der Waals surface area contributed by atoms with Crippen molar-refractivity contribution >= 4 is 11.8 Å². The van der Waals surface area contributed by atoms with Crippen molar-refractivity contribution in [3.05, 3.63) is 10.5 Å². The van der Waals surface area contributed by atoms with Crippen molar-refractivity contribution in [1.82, 2.24) is 14.8 Å². The van der Waals surface area contributed by atoms with Gasteiger partial charge in [0.2, 0.25) is 0 Å². The predicted molar refractivity (Wildman–Crippen MR) is 55.7 cm³/mol. The van der Waals surface area contributed by atoms with Crippen molar-refractivity contribution in [2.45, 2.75) is 25.0 Å². The van der Waals surface area contributed by atoms with Gasteiger partial charge in [-0.05, 0) is 12.2 Å². The zero-order valence-corrected chi connectivity index (χ0v) is 9.26. The maximum atomic E-state index is 11.3. The first kappa shape index (κ1) is 11.3. The van der Waals surface area contributed by atoms with Gasteiger partial charge in [-0.1, -0.05) is 18.7 Å². The van der Waals surface area contributed by atoms with Crippen molar-refractivity contribution < 1.29 is 4.74 Å². The third-order valence-electron chi connectivity index (χ3n) is 1.73. The lowest BCUT2D eigenvalue weighted by Gasteiger charge is -2.03. The summed E-state index contributed by atoms with van der Waals surface area (Å²) >= 11 is 1.56. The summed E-state index contributed by atoms with van der Waals surface area (Å²) in [6.45, 7) is 3.35. The molecule has 0 atom stereocenters. The SMILES string of the molecule is CCSc1n[nH]c(=O)n1CCCOC. The molecule has 0 aliphatic heterocycles. The van der Waals surface area contributed by atoms with Gasteiger partial charge in [0, 0.05) is 20.3 Å². The Bertz CT molecular complexity index is 321. The van der Waals surface area contributed by atoms with Gasteiger partial charge >= 0.3 is 5.69 Å². The molecule has 0 bridgehead atoms. The quantitative estimate of drug-likeness (QED) is 0.563. The van der Waals surface area contributed by atoms with Crippen molar-refractivity contribution in [3.8, 4) is 0 Å². The summed E-state index contributed by atoms with van der Waals surface area (Å²) in [4.78, 5) is 11.3. The van der Waals surface area contributed by atoms with Gasteiger partial charge in [-0.25, -0.2) is 9.89 Å². The minimum absolute atomic E-state index is 0.142. The molecule has 80 valence electrons. The third kappa shape index (κ3) is 2.88. The van der Waals surface area contributed by atoms with Crippen molar-refractivity contribution in [2.24, 2.45) is 0 Å². The van der Waals surface area contributed by atoms with Crippen LogP contribution in [-0.4, -0.2) is 34.2 Å². The Morgan fingerprint density at radius 3 is 3.07 bits per heavy atom. The molecule has 1 heterocycles. The Morgan fingerprint density at radius 1 is 1.64 bits per heavy atom. The van der Waals surface area contributed by atoms with Crippen LogP contribution in [0.25, 0.3) is 0 Å². The number of methoxy groups -OCH3 is 1. The van der Waals surface area contributed by atoms with Crippen LogP contribution in [0.4, 0.5) is 0 Å². The zero-order chi connectivity index (χ0) is 10.4. The fourth-order valence-corrected chi connectivity index (χ4v) is 1.81. The molecule has 1 aromatic rings. The lowest BCUT2D eigenvalue weighted by Crippen LogP contribution is -2.18. The fourth-order valence-electron chi connectivity index (χ4n) is 1.11. The Labute approximate surface area is 86.8 Å². The highest BCUT2D eigenvalue weighted by molar-refractivity contribution is 7.99. The highest BCUT2D eigenvalue weighted by atomic mass is 32.2. The van der Waals surface area contributed by atoms with E-state index in [2.05, 4.69) is 10.2 Å². The number of nitrogens with one attached hydrogen (secondary N) is 1. The molecule has 0 aromatic carbocycles. The molecule has 0 unspecified atom stereocenters. The lowest BCUT2D eigenvalue weighted by atomic mass is 10.4. The Morgan fingerprint density at radius 2 is 2.43 bits per heavy atom. The average Bonchev–Trinajstić information content (AvgIpc) is 2.50. The van der Waals surface area contributed by atoms with E-state index in [-0.39, 0.29) is 5.69 Å². The summed E-state index contributed by atoms with van der Waals surface area (Å²) in [5.74, 6) is 0.911. The van der Waals surface area contributed by atoms with Crippen molar-refractivity contribution in [1.29, 1.82) is 0 Å². The number of aromatic amines is 1. The molecule has 0 saturated carbocycles. The van der Waals surface area contributed by atoms with Gasteiger partial charge in [0.05, 0.1) is 0 Å². The smallest absolute Gasteiger partial charge is 0.343 e. The summed E-state index contributed by atoms with van der Waals surface area (Å²) < 4.78 is 6.57. The molecule has 1 N–H and O–H groups in total. The number of nitrogens with zero attached hydrogens (tertiary/aromatic N) is 2. The van der Waals surface area contributed by atoms with Crippen LogP contribution < -0.4 is 5.69 Å². The van der Waals surface area contributed by atoms with Gasteiger partial charge < -0.3 is 4.74 Å². The summed E-state index contributed by atoms with van der Waals surface area (Å²) in [7, 11) is 1.65. The number of hydrogen-bond donors (Lipinski definition) is 1. The second kappa shape index (κ2) is 5.87. The molecule has 1 aromatic heterocycles. The molecule has 0 radical (unpaired) electrons. The lowest BCUT2D eigenvalue weighted by molar-refractivity contribution is 0.189. The summed E-state index contributed by atoms with van der Waals surface area (Å²) in [6.07, 6.45) is 0.827. The standard InChI is InChI=1S/C8H15N3O2S/c1-3-14-8-10-9-7(12)11(8)5-4-6-13-2/h3-6H2,1-2H3,(H,9,12). The largest absolute Gasteiger partial charge is 0.385 e. The van der Waals surface area contributed by atoms with Crippen LogP contribution in [0.5, 0.6) is 0 Å². The first-order chi connectivity index (χ1) is 6.79. The highest BCUT2D eigenvalue weighted by Crippen LogP contribution is 2.11. The Balaban J connectivity index is 2.62. The maximum absolute atomic E-state index is 11.3. The van der Waals surface area contributed by atoms with Crippen LogP contribution in [0.1, 0.15) is 13.3 Å². The van der Waals surface area contributed by atoms with Crippen LogP contribution in [0, 0.1) is 0 Å². The van der Waals surface area contributed by atoms with Gasteiger partial charge in [-0.3, -0.25) is 4.57 Å². The van der Waals surface area contributed by atoms with E-state index in [1.807, 2.05) is 6.92 Å². The molecule has 0 spiro atoms. The molecule has 6 heteroatoms. The zero-order valence-electron chi connectivity index (χ0n) is 8.45. The van der Waals surface area contributed by atoms with E-state index in [9.17, 15) is 4.79 Å². The summed E-state index contributed by atoms with van der Waals surface area (Å²) in [6, 6.07) is 0. The molecule has 0 amide bonds. The molecule has 1 rings (SSSR count). The van der Waals surface area contributed by atoms with Crippen LogP contribution >= 0.6 is 11.8 Å². The van der Waals surface area contributed by atoms with Crippen LogP contribution in [0.15, 0.2) is 9.95 Å². The molecular formula is C8H15N3O2S. The monoisotopic (exact) mass is 217 g/mol. The molecule has 0 fully saturated rings. The van der Waals surface area contributed by atoms with E-state index in [0.29, 0.717) is 13.2 Å². The van der Waals surface area contributed by atoms with Gasteiger partial charge in [-0.15, -0.1) is 5.10 Å². The van der Waals surface area contributed by atoms with E-state index < -0.39 is 0 Å². The Kier molecular flexibility index (Phi) is 4.75. The minimum Gasteiger partial charge on any atom is -0.385 e. The topological polar surface area (TPSA) is 59.9 Å².